The Morgan fingerprint density at radius 1 is 1.02 bits per heavy atom. The lowest BCUT2D eigenvalue weighted by Crippen LogP contribution is -2.29. The number of ether oxygens (including phenoxy) is 1. The van der Waals surface area contributed by atoms with Crippen LogP contribution < -0.4 is 9.64 Å². The number of rotatable bonds is 10. The van der Waals surface area contributed by atoms with Gasteiger partial charge in [-0.25, -0.2) is 0 Å². The number of carbonyl (C=O) groups excluding carboxylic acids is 2. The highest BCUT2D eigenvalue weighted by Crippen LogP contribution is 2.44. The standard InChI is InChI=1S/C31H29N3O4S2/c1-3-4-17-38-24-12-8-11-23(18-24)26-25(27(35)22-15-13-20(2)14-16-22)28(36)29(37)34(26)30-32-33-31(40-30)39-19-21-9-6-5-7-10-21/h5-16,18,26,35H,3-4,17,19H2,1-2H3/b27-25+. The molecule has 7 nitrogen and oxygen atoms in total. The number of aromatic nitrogens is 2. The van der Waals surface area contributed by atoms with Crippen LogP contribution in [0.15, 0.2) is 88.8 Å². The Kier molecular flexibility index (Phi) is 8.62. The van der Waals surface area contributed by atoms with Crippen molar-refractivity contribution < 1.29 is 19.4 Å². The molecule has 1 aliphatic heterocycles. The molecule has 1 amide bonds. The van der Waals surface area contributed by atoms with E-state index in [-0.39, 0.29) is 11.3 Å². The van der Waals surface area contributed by atoms with Crippen LogP contribution in [-0.2, 0) is 15.3 Å². The highest BCUT2D eigenvalue weighted by molar-refractivity contribution is 8.00. The van der Waals surface area contributed by atoms with E-state index in [1.54, 1.807) is 12.1 Å². The predicted molar refractivity (Wildman–Crippen MR) is 159 cm³/mol. The molecule has 2 heterocycles. The normalized spacial score (nSPS) is 16.4. The van der Waals surface area contributed by atoms with Gasteiger partial charge in [0.1, 0.15) is 11.5 Å². The zero-order chi connectivity index (χ0) is 28.1. The number of amides is 1. The maximum absolute atomic E-state index is 13.5. The number of nitrogens with zero attached hydrogens (tertiary/aromatic N) is 3. The van der Waals surface area contributed by atoms with Gasteiger partial charge in [-0.15, -0.1) is 10.2 Å². The van der Waals surface area contributed by atoms with E-state index in [1.165, 1.54) is 28.0 Å². The zero-order valence-corrected chi connectivity index (χ0v) is 23.9. The first-order valence-electron chi connectivity index (χ1n) is 13.1. The number of aryl methyl sites for hydroxylation is 1. The molecule has 9 heteroatoms. The molecule has 4 aromatic rings. The number of thioether (sulfide) groups is 1. The van der Waals surface area contributed by atoms with E-state index in [0.29, 0.717) is 38.7 Å². The fraction of sp³-hybridized carbons (Fsp3) is 0.226. The summed E-state index contributed by atoms with van der Waals surface area (Å²) in [7, 11) is 0. The molecule has 1 fully saturated rings. The van der Waals surface area contributed by atoms with Crippen molar-refractivity contribution in [1.82, 2.24) is 10.2 Å². The molecule has 40 heavy (non-hydrogen) atoms. The highest BCUT2D eigenvalue weighted by Gasteiger charge is 2.48. The van der Waals surface area contributed by atoms with Crippen molar-refractivity contribution in [3.8, 4) is 5.75 Å². The number of benzene rings is 3. The number of Topliss-reactive ketones (excluding diaryl/α,β-unsaturated/α-hetero) is 1. The minimum atomic E-state index is -0.893. The number of ketones is 1. The predicted octanol–water partition coefficient (Wildman–Crippen LogP) is 6.94. The lowest BCUT2D eigenvalue weighted by molar-refractivity contribution is -0.132. The van der Waals surface area contributed by atoms with Crippen molar-refractivity contribution in [1.29, 1.82) is 0 Å². The van der Waals surface area contributed by atoms with Gasteiger partial charge in [-0.1, -0.05) is 109 Å². The highest BCUT2D eigenvalue weighted by atomic mass is 32.2. The van der Waals surface area contributed by atoms with Gasteiger partial charge in [0, 0.05) is 11.3 Å². The SMILES string of the molecule is CCCCOc1cccc(C2/C(=C(\O)c3ccc(C)cc3)C(=O)C(=O)N2c2nnc(SCc3ccccc3)s2)c1. The summed E-state index contributed by atoms with van der Waals surface area (Å²) in [6.07, 6.45) is 1.91. The van der Waals surface area contributed by atoms with Gasteiger partial charge in [0.2, 0.25) is 5.13 Å². The molecule has 1 aliphatic rings. The molecular weight excluding hydrogens is 542 g/mol. The molecule has 204 valence electrons. The van der Waals surface area contributed by atoms with Gasteiger partial charge in [0.05, 0.1) is 18.2 Å². The van der Waals surface area contributed by atoms with Crippen molar-refractivity contribution in [2.24, 2.45) is 0 Å². The molecule has 1 atom stereocenters. The van der Waals surface area contributed by atoms with Crippen LogP contribution in [0.4, 0.5) is 5.13 Å². The Bertz CT molecular complexity index is 1530. The van der Waals surface area contributed by atoms with Gasteiger partial charge in [0.15, 0.2) is 4.34 Å². The molecular formula is C31H29N3O4S2. The van der Waals surface area contributed by atoms with E-state index in [0.717, 1.165) is 24.0 Å². The minimum absolute atomic E-state index is 0.00764. The Morgan fingerprint density at radius 2 is 1.80 bits per heavy atom. The van der Waals surface area contributed by atoms with Crippen LogP contribution in [0, 0.1) is 6.92 Å². The van der Waals surface area contributed by atoms with Gasteiger partial charge < -0.3 is 9.84 Å². The van der Waals surface area contributed by atoms with E-state index >= 15 is 0 Å². The fourth-order valence-corrected chi connectivity index (χ4v) is 6.22. The topological polar surface area (TPSA) is 92.6 Å². The van der Waals surface area contributed by atoms with Gasteiger partial charge >= 0.3 is 5.91 Å². The minimum Gasteiger partial charge on any atom is -0.507 e. The second kappa shape index (κ2) is 12.5. The van der Waals surface area contributed by atoms with Crippen molar-refractivity contribution in [2.45, 2.75) is 42.8 Å². The number of hydrogen-bond donors (Lipinski definition) is 1. The van der Waals surface area contributed by atoms with Crippen LogP contribution in [0.2, 0.25) is 0 Å². The third-order valence-corrected chi connectivity index (χ3v) is 8.64. The number of unbranched alkanes of at least 4 members (excludes halogenated alkanes) is 1. The Morgan fingerprint density at radius 3 is 2.55 bits per heavy atom. The fourth-order valence-electron chi connectivity index (χ4n) is 4.40. The van der Waals surface area contributed by atoms with Gasteiger partial charge in [0.25, 0.3) is 5.78 Å². The van der Waals surface area contributed by atoms with Gasteiger partial charge in [-0.2, -0.15) is 0 Å². The second-order valence-corrected chi connectivity index (χ2v) is 11.6. The first-order chi connectivity index (χ1) is 19.5. The molecule has 1 aromatic heterocycles. The van der Waals surface area contributed by atoms with Crippen molar-refractivity contribution in [3.05, 3.63) is 107 Å². The summed E-state index contributed by atoms with van der Waals surface area (Å²) in [6, 6.07) is 23.6. The number of aliphatic hydroxyl groups is 1. The van der Waals surface area contributed by atoms with E-state index in [9.17, 15) is 14.7 Å². The average Bonchev–Trinajstić information content (AvgIpc) is 3.54. The lowest BCUT2D eigenvalue weighted by atomic mass is 9.95. The van der Waals surface area contributed by atoms with Crippen molar-refractivity contribution >= 4 is 45.7 Å². The molecule has 0 saturated carbocycles. The summed E-state index contributed by atoms with van der Waals surface area (Å²) in [5.74, 6) is -0.433. The quantitative estimate of drug-likeness (QED) is 0.0550. The summed E-state index contributed by atoms with van der Waals surface area (Å²) in [6.45, 7) is 4.59. The largest absolute Gasteiger partial charge is 0.507 e. The van der Waals surface area contributed by atoms with E-state index in [1.807, 2.05) is 73.7 Å². The van der Waals surface area contributed by atoms with E-state index < -0.39 is 17.7 Å². The van der Waals surface area contributed by atoms with Crippen molar-refractivity contribution in [3.63, 3.8) is 0 Å². The molecule has 0 radical (unpaired) electrons. The molecule has 1 unspecified atom stereocenters. The lowest BCUT2D eigenvalue weighted by Gasteiger charge is -2.23. The Labute approximate surface area is 241 Å². The maximum Gasteiger partial charge on any atom is 0.301 e. The summed E-state index contributed by atoms with van der Waals surface area (Å²) in [5.41, 5.74) is 3.26. The zero-order valence-electron chi connectivity index (χ0n) is 22.2. The molecule has 1 saturated heterocycles. The summed E-state index contributed by atoms with van der Waals surface area (Å²) >= 11 is 2.76. The first-order valence-corrected chi connectivity index (χ1v) is 14.9. The third-order valence-electron chi connectivity index (χ3n) is 6.52. The van der Waals surface area contributed by atoms with Crippen LogP contribution in [0.1, 0.15) is 48.1 Å². The summed E-state index contributed by atoms with van der Waals surface area (Å²) in [5, 5.41) is 20.2. The first kappa shape index (κ1) is 27.6. The molecule has 0 aliphatic carbocycles. The third kappa shape index (κ3) is 5.95. The molecule has 3 aromatic carbocycles. The van der Waals surface area contributed by atoms with Crippen LogP contribution >= 0.6 is 23.1 Å². The average molecular weight is 572 g/mol. The maximum atomic E-state index is 13.5. The number of aliphatic hydroxyl groups excluding tert-OH is 1. The smallest absolute Gasteiger partial charge is 0.301 e. The summed E-state index contributed by atoms with van der Waals surface area (Å²) in [4.78, 5) is 28.3. The van der Waals surface area contributed by atoms with Crippen LogP contribution in [0.3, 0.4) is 0 Å². The van der Waals surface area contributed by atoms with Crippen LogP contribution in [0.25, 0.3) is 5.76 Å². The monoisotopic (exact) mass is 571 g/mol. The van der Waals surface area contributed by atoms with Gasteiger partial charge in [-0.05, 0) is 36.6 Å². The molecule has 5 rings (SSSR count). The molecule has 0 bridgehead atoms. The summed E-state index contributed by atoms with van der Waals surface area (Å²) < 4.78 is 6.59. The molecule has 0 spiro atoms. The van der Waals surface area contributed by atoms with Crippen LogP contribution in [-0.4, -0.2) is 33.6 Å². The Balaban J connectivity index is 1.54. The molecule has 1 N–H and O–H groups in total. The number of carbonyl (C=O) groups is 2. The van der Waals surface area contributed by atoms with Crippen LogP contribution in [0.5, 0.6) is 5.75 Å². The van der Waals surface area contributed by atoms with Crippen molar-refractivity contribution in [2.75, 3.05) is 11.5 Å². The number of anilines is 1. The number of hydrogen-bond acceptors (Lipinski definition) is 8. The Hall–Kier alpha value is -3.95. The second-order valence-electron chi connectivity index (χ2n) is 9.43. The van der Waals surface area contributed by atoms with E-state index in [2.05, 4.69) is 17.1 Å². The van der Waals surface area contributed by atoms with Gasteiger partial charge in [-0.3, -0.25) is 14.5 Å². The van der Waals surface area contributed by atoms with E-state index in [4.69, 9.17) is 4.74 Å².